The predicted molar refractivity (Wildman–Crippen MR) is 70.9 cm³/mol. The van der Waals surface area contributed by atoms with Gasteiger partial charge in [-0.15, -0.1) is 0 Å². The van der Waals surface area contributed by atoms with Gasteiger partial charge in [-0.05, 0) is 39.3 Å². The van der Waals surface area contributed by atoms with Crippen molar-refractivity contribution in [3.63, 3.8) is 0 Å². The minimum Gasteiger partial charge on any atom is -0.481 e. The number of carboxylic acids is 1. The number of hydrogen-bond donors (Lipinski definition) is 2. The van der Waals surface area contributed by atoms with Gasteiger partial charge >= 0.3 is 5.97 Å². The van der Waals surface area contributed by atoms with Gasteiger partial charge in [0, 0.05) is 20.3 Å². The first-order chi connectivity index (χ1) is 8.98. The molecular weight excluding hydrogens is 248 g/mol. The lowest BCUT2D eigenvalue weighted by molar-refractivity contribution is -0.150. The number of ether oxygens (including phenoxy) is 1. The van der Waals surface area contributed by atoms with Crippen molar-refractivity contribution >= 4 is 11.9 Å². The summed E-state index contributed by atoms with van der Waals surface area (Å²) in [6, 6.07) is 0. The van der Waals surface area contributed by atoms with E-state index in [1.54, 1.807) is 14.0 Å². The van der Waals surface area contributed by atoms with Gasteiger partial charge in [0.25, 0.3) is 0 Å². The second-order valence-corrected chi connectivity index (χ2v) is 5.34. The molecule has 1 rings (SSSR count). The number of aliphatic carboxylic acids is 1. The number of carboxylic acid groups (broad SMARTS) is 1. The lowest BCUT2D eigenvalue weighted by Crippen LogP contribution is -2.46. The second-order valence-electron chi connectivity index (χ2n) is 5.34. The van der Waals surface area contributed by atoms with Crippen LogP contribution in [0.25, 0.3) is 0 Å². The molecule has 0 aromatic heterocycles. The average Bonchev–Trinajstić information content (AvgIpc) is 2.37. The van der Waals surface area contributed by atoms with Crippen LogP contribution in [0.4, 0.5) is 0 Å². The van der Waals surface area contributed by atoms with Crippen LogP contribution in [0.5, 0.6) is 0 Å². The summed E-state index contributed by atoms with van der Waals surface area (Å²) in [5, 5.41) is 12.0. The zero-order valence-corrected chi connectivity index (χ0v) is 11.8. The molecule has 0 unspecified atom stereocenters. The van der Waals surface area contributed by atoms with Gasteiger partial charge in [-0.3, -0.25) is 14.5 Å². The van der Waals surface area contributed by atoms with E-state index in [1.165, 1.54) is 0 Å². The number of carbonyl (C=O) groups excluding carboxylic acids is 1. The highest BCUT2D eigenvalue weighted by atomic mass is 16.5. The molecule has 1 heterocycles. The summed E-state index contributed by atoms with van der Waals surface area (Å²) >= 11 is 0. The highest BCUT2D eigenvalue weighted by Gasteiger charge is 2.36. The normalized spacial score (nSPS) is 19.1. The van der Waals surface area contributed by atoms with Crippen LogP contribution in [-0.4, -0.2) is 61.8 Å². The zero-order valence-electron chi connectivity index (χ0n) is 11.8. The predicted octanol–water partition coefficient (Wildman–Crippen LogP) is 0.326. The Morgan fingerprint density at radius 1 is 1.37 bits per heavy atom. The molecule has 0 aliphatic carbocycles. The SMILES string of the molecule is COCCCNC(=O)CN1CCC(C)(C(=O)O)CC1. The lowest BCUT2D eigenvalue weighted by Gasteiger charge is -2.35. The van der Waals surface area contributed by atoms with Crippen molar-refractivity contribution < 1.29 is 19.4 Å². The monoisotopic (exact) mass is 272 g/mol. The van der Waals surface area contributed by atoms with E-state index in [2.05, 4.69) is 5.32 Å². The smallest absolute Gasteiger partial charge is 0.309 e. The van der Waals surface area contributed by atoms with E-state index in [4.69, 9.17) is 9.84 Å². The van der Waals surface area contributed by atoms with Gasteiger partial charge in [0.15, 0.2) is 0 Å². The fourth-order valence-electron chi connectivity index (χ4n) is 2.12. The molecule has 0 bridgehead atoms. The van der Waals surface area contributed by atoms with E-state index in [-0.39, 0.29) is 5.91 Å². The Morgan fingerprint density at radius 3 is 2.53 bits per heavy atom. The van der Waals surface area contributed by atoms with Crippen molar-refractivity contribution in [2.45, 2.75) is 26.2 Å². The van der Waals surface area contributed by atoms with Crippen molar-refractivity contribution in [1.29, 1.82) is 0 Å². The highest BCUT2D eigenvalue weighted by Crippen LogP contribution is 2.30. The molecular formula is C13H24N2O4. The van der Waals surface area contributed by atoms with Crippen molar-refractivity contribution in [1.82, 2.24) is 10.2 Å². The highest BCUT2D eigenvalue weighted by molar-refractivity contribution is 5.78. The molecule has 0 saturated carbocycles. The quantitative estimate of drug-likeness (QED) is 0.653. The van der Waals surface area contributed by atoms with E-state index in [0.717, 1.165) is 6.42 Å². The minimum absolute atomic E-state index is 0.00460. The third-order valence-electron chi connectivity index (χ3n) is 3.69. The van der Waals surface area contributed by atoms with Crippen LogP contribution in [-0.2, 0) is 14.3 Å². The van der Waals surface area contributed by atoms with E-state index < -0.39 is 11.4 Å². The molecule has 6 heteroatoms. The van der Waals surface area contributed by atoms with Gasteiger partial charge in [-0.25, -0.2) is 0 Å². The van der Waals surface area contributed by atoms with E-state index in [1.807, 2.05) is 4.90 Å². The average molecular weight is 272 g/mol. The molecule has 1 aliphatic rings. The summed E-state index contributed by atoms with van der Waals surface area (Å²) in [5.74, 6) is -0.744. The number of methoxy groups -OCH3 is 1. The first kappa shape index (κ1) is 15.9. The van der Waals surface area contributed by atoms with Crippen LogP contribution in [0.1, 0.15) is 26.2 Å². The minimum atomic E-state index is -0.740. The number of piperidine rings is 1. The van der Waals surface area contributed by atoms with Gasteiger partial charge in [0.2, 0.25) is 5.91 Å². The Bertz CT molecular complexity index is 312. The summed E-state index contributed by atoms with van der Waals surface area (Å²) in [7, 11) is 1.63. The van der Waals surface area contributed by atoms with Crippen LogP contribution >= 0.6 is 0 Å². The molecule has 0 aromatic rings. The van der Waals surface area contributed by atoms with Crippen molar-refractivity contribution in [3.05, 3.63) is 0 Å². The second kappa shape index (κ2) is 7.45. The summed E-state index contributed by atoms with van der Waals surface area (Å²) < 4.78 is 4.90. The fourth-order valence-corrected chi connectivity index (χ4v) is 2.12. The molecule has 110 valence electrons. The largest absolute Gasteiger partial charge is 0.481 e. The first-order valence-corrected chi connectivity index (χ1v) is 6.69. The Hall–Kier alpha value is -1.14. The van der Waals surface area contributed by atoms with E-state index >= 15 is 0 Å². The maximum absolute atomic E-state index is 11.7. The molecule has 1 fully saturated rings. The number of likely N-dealkylation sites (tertiary alicyclic amines) is 1. The van der Waals surface area contributed by atoms with Crippen molar-refractivity contribution in [3.8, 4) is 0 Å². The lowest BCUT2D eigenvalue weighted by atomic mass is 9.80. The van der Waals surface area contributed by atoms with Gasteiger partial charge < -0.3 is 15.2 Å². The third kappa shape index (κ3) is 5.16. The Balaban J connectivity index is 2.22. The fraction of sp³-hybridized carbons (Fsp3) is 0.846. The first-order valence-electron chi connectivity index (χ1n) is 6.69. The number of rotatable bonds is 7. The molecule has 1 aliphatic heterocycles. The summed E-state index contributed by atoms with van der Waals surface area (Å²) in [6.45, 7) is 4.71. The van der Waals surface area contributed by atoms with Crippen LogP contribution in [0, 0.1) is 5.41 Å². The number of nitrogens with zero attached hydrogens (tertiary/aromatic N) is 1. The van der Waals surface area contributed by atoms with Gasteiger partial charge in [-0.1, -0.05) is 0 Å². The van der Waals surface area contributed by atoms with E-state index in [9.17, 15) is 9.59 Å². The number of amides is 1. The Morgan fingerprint density at radius 2 is 2.00 bits per heavy atom. The van der Waals surface area contributed by atoms with Gasteiger partial charge in [0.05, 0.1) is 12.0 Å². The van der Waals surface area contributed by atoms with E-state index in [0.29, 0.717) is 45.6 Å². The van der Waals surface area contributed by atoms with Crippen molar-refractivity contribution in [2.24, 2.45) is 5.41 Å². The molecule has 1 amide bonds. The summed E-state index contributed by atoms with van der Waals surface area (Å²) in [4.78, 5) is 24.8. The molecule has 19 heavy (non-hydrogen) atoms. The molecule has 6 nitrogen and oxygen atoms in total. The van der Waals surface area contributed by atoms with Crippen LogP contribution in [0.3, 0.4) is 0 Å². The molecule has 0 radical (unpaired) electrons. The zero-order chi connectivity index (χ0) is 14.3. The number of nitrogens with one attached hydrogen (secondary N) is 1. The topological polar surface area (TPSA) is 78.9 Å². The van der Waals surface area contributed by atoms with Crippen LogP contribution < -0.4 is 5.32 Å². The summed E-state index contributed by atoms with van der Waals surface area (Å²) in [6.07, 6.45) is 2.00. The Kier molecular flexibility index (Phi) is 6.24. The van der Waals surface area contributed by atoms with Crippen LogP contribution in [0.15, 0.2) is 0 Å². The van der Waals surface area contributed by atoms with Gasteiger partial charge in [0.1, 0.15) is 0 Å². The molecule has 0 spiro atoms. The maximum Gasteiger partial charge on any atom is 0.309 e. The third-order valence-corrected chi connectivity index (χ3v) is 3.69. The Labute approximate surface area is 114 Å². The molecule has 0 aromatic carbocycles. The standard InChI is InChI=1S/C13H24N2O4/c1-13(12(17)18)4-7-15(8-5-13)10-11(16)14-6-3-9-19-2/h3-10H2,1-2H3,(H,14,16)(H,17,18). The molecule has 2 N–H and O–H groups in total. The maximum atomic E-state index is 11.7. The summed E-state index contributed by atoms with van der Waals surface area (Å²) in [5.41, 5.74) is -0.633. The molecule has 0 atom stereocenters. The number of hydrogen-bond acceptors (Lipinski definition) is 4. The van der Waals surface area contributed by atoms with Crippen molar-refractivity contribution in [2.75, 3.05) is 39.9 Å². The van der Waals surface area contributed by atoms with Gasteiger partial charge in [-0.2, -0.15) is 0 Å². The number of carbonyl (C=O) groups is 2. The molecule has 1 saturated heterocycles. The van der Waals surface area contributed by atoms with Crippen LogP contribution in [0.2, 0.25) is 0 Å².